The van der Waals surface area contributed by atoms with Crippen molar-refractivity contribution >= 4 is 15.7 Å². The molecule has 3 heterocycles. The molecule has 0 bridgehead atoms. The Morgan fingerprint density at radius 1 is 1.08 bits per heavy atom. The molecule has 25 heavy (non-hydrogen) atoms. The van der Waals surface area contributed by atoms with E-state index in [2.05, 4.69) is 28.1 Å². The van der Waals surface area contributed by atoms with Gasteiger partial charge < -0.3 is 0 Å². The van der Waals surface area contributed by atoms with Crippen molar-refractivity contribution in [2.45, 2.75) is 24.8 Å². The van der Waals surface area contributed by atoms with E-state index in [1.165, 1.54) is 17.4 Å². The smallest absolute Gasteiger partial charge is 0.232 e. The number of fused-ring (bicyclic) bond motifs is 2. The molecule has 0 amide bonds. The van der Waals surface area contributed by atoms with Gasteiger partial charge in [-0.25, -0.2) is 8.42 Å². The normalized spacial score (nSPS) is 20.0. The fraction of sp³-hybridized carbons (Fsp3) is 0.421. The van der Waals surface area contributed by atoms with Crippen LogP contribution in [0.1, 0.15) is 24.0 Å². The number of para-hydroxylation sites is 1. The predicted octanol–water partition coefficient (Wildman–Crippen LogP) is 2.39. The van der Waals surface area contributed by atoms with E-state index in [4.69, 9.17) is 0 Å². The zero-order valence-electron chi connectivity index (χ0n) is 14.4. The molecule has 5 nitrogen and oxygen atoms in total. The van der Waals surface area contributed by atoms with Crippen LogP contribution in [0.25, 0.3) is 0 Å². The summed E-state index contributed by atoms with van der Waals surface area (Å²) in [5.74, 6) is 0. The highest BCUT2D eigenvalue weighted by molar-refractivity contribution is 7.92. The molecule has 132 valence electrons. The quantitative estimate of drug-likeness (QED) is 0.846. The van der Waals surface area contributed by atoms with E-state index in [9.17, 15) is 8.42 Å². The van der Waals surface area contributed by atoms with E-state index >= 15 is 0 Å². The van der Waals surface area contributed by atoms with Crippen LogP contribution in [0.4, 0.5) is 5.69 Å². The van der Waals surface area contributed by atoms with Crippen molar-refractivity contribution in [2.24, 2.45) is 0 Å². The minimum atomic E-state index is -3.24. The highest BCUT2D eigenvalue weighted by Crippen LogP contribution is 2.47. The third-order valence-electron chi connectivity index (χ3n) is 5.56. The third kappa shape index (κ3) is 3.04. The third-order valence-corrected chi connectivity index (χ3v) is 6.69. The molecule has 1 aromatic heterocycles. The second-order valence-corrected chi connectivity index (χ2v) is 9.11. The van der Waals surface area contributed by atoms with Gasteiger partial charge in [0.25, 0.3) is 0 Å². The molecule has 1 spiro atoms. The average molecular weight is 357 g/mol. The van der Waals surface area contributed by atoms with Gasteiger partial charge in [0.05, 0.1) is 11.9 Å². The Kier molecular flexibility index (Phi) is 4.04. The Labute approximate surface area is 149 Å². The number of nitrogens with zero attached hydrogens (tertiary/aromatic N) is 3. The molecule has 1 aromatic carbocycles. The van der Waals surface area contributed by atoms with E-state index in [1.54, 1.807) is 4.31 Å². The maximum atomic E-state index is 12.2. The minimum absolute atomic E-state index is 0.0472. The van der Waals surface area contributed by atoms with E-state index < -0.39 is 10.0 Å². The molecule has 2 aliphatic rings. The van der Waals surface area contributed by atoms with Crippen molar-refractivity contribution in [3.63, 3.8) is 0 Å². The van der Waals surface area contributed by atoms with Gasteiger partial charge >= 0.3 is 0 Å². The lowest BCUT2D eigenvalue weighted by molar-refractivity contribution is 0.161. The molecule has 0 radical (unpaired) electrons. The number of sulfonamides is 1. The molecule has 1 fully saturated rings. The van der Waals surface area contributed by atoms with Crippen LogP contribution in [0, 0.1) is 0 Å². The van der Waals surface area contributed by atoms with Crippen LogP contribution in [0.15, 0.2) is 48.8 Å². The monoisotopic (exact) mass is 357 g/mol. The lowest BCUT2D eigenvalue weighted by Crippen LogP contribution is -2.45. The number of anilines is 1. The van der Waals surface area contributed by atoms with Crippen LogP contribution in [0.2, 0.25) is 0 Å². The van der Waals surface area contributed by atoms with Crippen molar-refractivity contribution in [1.29, 1.82) is 0 Å². The lowest BCUT2D eigenvalue weighted by Gasteiger charge is -2.39. The molecule has 4 rings (SSSR count). The zero-order chi connectivity index (χ0) is 17.5. The molecule has 0 saturated carbocycles. The van der Waals surface area contributed by atoms with Crippen LogP contribution in [0.3, 0.4) is 0 Å². The molecule has 2 aliphatic heterocycles. The van der Waals surface area contributed by atoms with Crippen molar-refractivity contribution in [3.05, 3.63) is 59.9 Å². The average Bonchev–Trinajstić information content (AvgIpc) is 2.93. The van der Waals surface area contributed by atoms with Crippen LogP contribution < -0.4 is 4.31 Å². The molecule has 0 N–H and O–H groups in total. The minimum Gasteiger partial charge on any atom is -0.299 e. The molecule has 0 aliphatic carbocycles. The first-order valence-electron chi connectivity index (χ1n) is 8.66. The number of piperidine rings is 1. The number of likely N-dealkylation sites (tertiary alicyclic amines) is 1. The van der Waals surface area contributed by atoms with Gasteiger partial charge in [-0.2, -0.15) is 0 Å². The first-order chi connectivity index (χ1) is 12.0. The number of benzene rings is 1. The summed E-state index contributed by atoms with van der Waals surface area (Å²) in [6, 6.07) is 12.1. The Hall–Kier alpha value is -1.92. The van der Waals surface area contributed by atoms with Gasteiger partial charge in [-0.05, 0) is 55.3 Å². The first kappa shape index (κ1) is 16.5. The van der Waals surface area contributed by atoms with Crippen molar-refractivity contribution in [2.75, 3.05) is 30.2 Å². The number of aromatic nitrogens is 1. The van der Waals surface area contributed by atoms with E-state index in [0.29, 0.717) is 6.54 Å². The lowest BCUT2D eigenvalue weighted by atomic mass is 9.74. The Morgan fingerprint density at radius 3 is 2.44 bits per heavy atom. The summed E-state index contributed by atoms with van der Waals surface area (Å²) in [6.45, 7) is 3.47. The molecular weight excluding hydrogens is 334 g/mol. The van der Waals surface area contributed by atoms with Crippen LogP contribution >= 0.6 is 0 Å². The van der Waals surface area contributed by atoms with Gasteiger partial charge in [0, 0.05) is 30.9 Å². The van der Waals surface area contributed by atoms with Gasteiger partial charge in [-0.15, -0.1) is 0 Å². The Morgan fingerprint density at radius 2 is 1.76 bits per heavy atom. The number of hydrogen-bond donors (Lipinski definition) is 0. The second-order valence-electron chi connectivity index (χ2n) is 7.20. The number of pyridine rings is 1. The maximum Gasteiger partial charge on any atom is 0.232 e. The fourth-order valence-electron chi connectivity index (χ4n) is 4.19. The van der Waals surface area contributed by atoms with Gasteiger partial charge in [0.1, 0.15) is 0 Å². The van der Waals surface area contributed by atoms with Crippen LogP contribution in [-0.4, -0.2) is 44.2 Å². The molecule has 1 saturated heterocycles. The summed E-state index contributed by atoms with van der Waals surface area (Å²) >= 11 is 0. The van der Waals surface area contributed by atoms with Crippen LogP contribution in [-0.2, 0) is 22.0 Å². The number of hydrogen-bond acceptors (Lipinski definition) is 4. The Bertz CT molecular complexity index is 859. The van der Waals surface area contributed by atoms with Crippen molar-refractivity contribution < 1.29 is 8.42 Å². The van der Waals surface area contributed by atoms with Gasteiger partial charge in [-0.1, -0.05) is 18.2 Å². The summed E-state index contributed by atoms with van der Waals surface area (Å²) < 4.78 is 26.1. The topological polar surface area (TPSA) is 53.5 Å². The molecule has 0 unspecified atom stereocenters. The molecule has 6 heteroatoms. The summed E-state index contributed by atoms with van der Waals surface area (Å²) in [4.78, 5) is 6.52. The van der Waals surface area contributed by atoms with E-state index in [-0.39, 0.29) is 5.41 Å². The second kappa shape index (κ2) is 6.11. The van der Waals surface area contributed by atoms with Crippen LogP contribution in [0.5, 0.6) is 0 Å². The number of rotatable bonds is 3. The Balaban J connectivity index is 1.55. The maximum absolute atomic E-state index is 12.2. The van der Waals surface area contributed by atoms with Gasteiger partial charge in [-0.3, -0.25) is 14.2 Å². The van der Waals surface area contributed by atoms with Crippen molar-refractivity contribution in [3.8, 4) is 0 Å². The summed E-state index contributed by atoms with van der Waals surface area (Å²) in [6.07, 6.45) is 6.94. The highest BCUT2D eigenvalue weighted by Gasteiger charge is 2.46. The molecular formula is C19H23N3O2S. The molecule has 0 atom stereocenters. The largest absolute Gasteiger partial charge is 0.299 e. The molecule has 2 aromatic rings. The fourth-order valence-corrected chi connectivity index (χ4v) is 5.19. The van der Waals surface area contributed by atoms with Gasteiger partial charge in [0.15, 0.2) is 0 Å². The SMILES string of the molecule is CS(=O)(=O)N1CC2(CCN(Cc3ccncc3)CC2)c2ccccc21. The van der Waals surface area contributed by atoms with E-state index in [1.807, 2.05) is 30.6 Å². The van der Waals surface area contributed by atoms with Gasteiger partial charge in [0.2, 0.25) is 10.0 Å². The summed E-state index contributed by atoms with van der Waals surface area (Å²) in [5.41, 5.74) is 3.29. The van der Waals surface area contributed by atoms with Crippen molar-refractivity contribution in [1.82, 2.24) is 9.88 Å². The predicted molar refractivity (Wildman–Crippen MR) is 99.1 cm³/mol. The first-order valence-corrected chi connectivity index (χ1v) is 10.5. The van der Waals surface area contributed by atoms with E-state index in [0.717, 1.165) is 38.2 Å². The highest BCUT2D eigenvalue weighted by atomic mass is 32.2. The zero-order valence-corrected chi connectivity index (χ0v) is 15.2. The standard InChI is InChI=1S/C19H23N3O2S/c1-25(23,24)22-15-19(17-4-2-3-5-18(17)22)8-12-21(13-9-19)14-16-6-10-20-11-7-16/h2-7,10-11H,8-9,12-15H2,1H3. The summed E-state index contributed by atoms with van der Waals surface area (Å²) in [7, 11) is -3.24. The summed E-state index contributed by atoms with van der Waals surface area (Å²) in [5, 5.41) is 0.